The van der Waals surface area contributed by atoms with E-state index >= 15 is 0 Å². The number of hydrogen-bond acceptors (Lipinski definition) is 5. The third-order valence-electron chi connectivity index (χ3n) is 1.80. The van der Waals surface area contributed by atoms with E-state index in [9.17, 15) is 14.9 Å². The lowest BCUT2D eigenvalue weighted by molar-refractivity contribution is -0.384. The van der Waals surface area contributed by atoms with Crippen LogP contribution >= 0.6 is 0 Å². The fourth-order valence-corrected chi connectivity index (χ4v) is 1.10. The van der Waals surface area contributed by atoms with Crippen LogP contribution in [0.3, 0.4) is 0 Å². The molecule has 7 heteroatoms. The molecule has 1 aromatic rings. The number of hydrogen-bond donors (Lipinski definition) is 2. The first-order valence-electron chi connectivity index (χ1n) is 4.38. The third-order valence-corrected chi connectivity index (χ3v) is 1.80. The number of benzene rings is 1. The summed E-state index contributed by atoms with van der Waals surface area (Å²) >= 11 is 0. The van der Waals surface area contributed by atoms with Gasteiger partial charge in [0, 0.05) is 17.8 Å². The molecule has 0 saturated heterocycles. The van der Waals surface area contributed by atoms with E-state index in [1.807, 2.05) is 0 Å². The minimum atomic E-state index is -0.550. The molecule has 0 atom stereocenters. The zero-order chi connectivity index (χ0) is 12.1. The Balaban J connectivity index is 2.95. The number of nitrogens with one attached hydrogen (secondary N) is 1. The zero-order valence-corrected chi connectivity index (χ0v) is 8.60. The van der Waals surface area contributed by atoms with Gasteiger partial charge in [-0.2, -0.15) is 0 Å². The summed E-state index contributed by atoms with van der Waals surface area (Å²) in [6.07, 6.45) is 0. The predicted octanol–water partition coefficient (Wildman–Crippen LogP) is 0.501. The number of methoxy groups -OCH3 is 1. The average Bonchev–Trinajstić information content (AvgIpc) is 2.25. The van der Waals surface area contributed by atoms with Gasteiger partial charge in [-0.3, -0.25) is 14.9 Å². The number of primary amides is 1. The summed E-state index contributed by atoms with van der Waals surface area (Å²) in [6, 6.07) is 4.12. The first-order chi connectivity index (χ1) is 7.52. The van der Waals surface area contributed by atoms with Crippen LogP contribution in [0, 0.1) is 10.1 Å². The lowest BCUT2D eigenvalue weighted by atomic mass is 10.2. The molecule has 1 aromatic carbocycles. The smallest absolute Gasteiger partial charge is 0.275 e. The lowest BCUT2D eigenvalue weighted by Gasteiger charge is -2.06. The van der Waals surface area contributed by atoms with Crippen molar-refractivity contribution in [2.45, 2.75) is 0 Å². The number of nitrogens with two attached hydrogens (primary N) is 1. The van der Waals surface area contributed by atoms with E-state index in [0.717, 1.165) is 0 Å². The van der Waals surface area contributed by atoms with Crippen LogP contribution in [-0.2, 0) is 4.79 Å². The first kappa shape index (κ1) is 11.8. The number of carbonyl (C=O) groups excluding carboxylic acids is 1. The molecule has 1 amide bonds. The van der Waals surface area contributed by atoms with E-state index in [0.29, 0.717) is 11.4 Å². The molecule has 16 heavy (non-hydrogen) atoms. The Morgan fingerprint density at radius 2 is 2.25 bits per heavy atom. The molecule has 86 valence electrons. The van der Waals surface area contributed by atoms with Gasteiger partial charge in [0.05, 0.1) is 24.6 Å². The Morgan fingerprint density at radius 1 is 1.56 bits per heavy atom. The van der Waals surface area contributed by atoms with Gasteiger partial charge >= 0.3 is 0 Å². The van der Waals surface area contributed by atoms with E-state index in [4.69, 9.17) is 10.5 Å². The van der Waals surface area contributed by atoms with Gasteiger partial charge in [0.2, 0.25) is 5.91 Å². The Morgan fingerprint density at radius 3 is 2.75 bits per heavy atom. The quantitative estimate of drug-likeness (QED) is 0.560. The van der Waals surface area contributed by atoms with Crippen molar-refractivity contribution in [3.05, 3.63) is 28.3 Å². The van der Waals surface area contributed by atoms with Crippen LogP contribution < -0.4 is 15.8 Å². The molecule has 0 fully saturated rings. The van der Waals surface area contributed by atoms with E-state index in [-0.39, 0.29) is 12.2 Å². The zero-order valence-electron chi connectivity index (χ0n) is 8.60. The summed E-state index contributed by atoms with van der Waals surface area (Å²) in [5.74, 6) is -0.216. The molecule has 0 aliphatic heterocycles. The van der Waals surface area contributed by atoms with Gasteiger partial charge in [-0.05, 0) is 0 Å². The molecule has 0 radical (unpaired) electrons. The molecule has 0 aliphatic rings. The lowest BCUT2D eigenvalue weighted by Crippen LogP contribution is -2.21. The molecule has 7 nitrogen and oxygen atoms in total. The third kappa shape index (κ3) is 3.12. The maximum Gasteiger partial charge on any atom is 0.275 e. The second-order valence-electron chi connectivity index (χ2n) is 3.00. The monoisotopic (exact) mass is 225 g/mol. The van der Waals surface area contributed by atoms with Crippen molar-refractivity contribution in [2.75, 3.05) is 19.0 Å². The molecular weight excluding hydrogens is 214 g/mol. The number of ether oxygens (including phenoxy) is 1. The summed E-state index contributed by atoms with van der Waals surface area (Å²) < 4.78 is 4.89. The number of nitro benzene ring substituents is 1. The van der Waals surface area contributed by atoms with Crippen molar-refractivity contribution in [3.63, 3.8) is 0 Å². The molecule has 3 N–H and O–H groups in total. The van der Waals surface area contributed by atoms with Gasteiger partial charge in [-0.15, -0.1) is 0 Å². The molecule has 1 rings (SSSR count). The Labute approximate surface area is 91.3 Å². The van der Waals surface area contributed by atoms with Crippen molar-refractivity contribution >= 4 is 17.3 Å². The van der Waals surface area contributed by atoms with Crippen molar-refractivity contribution in [1.82, 2.24) is 0 Å². The Bertz CT molecular complexity index is 419. The molecular formula is C9H11N3O4. The number of nitro groups is 1. The van der Waals surface area contributed by atoms with Crippen molar-refractivity contribution in [2.24, 2.45) is 5.73 Å². The largest absolute Gasteiger partial charge is 0.496 e. The average molecular weight is 225 g/mol. The normalized spacial score (nSPS) is 9.56. The molecule has 0 unspecified atom stereocenters. The standard InChI is InChI=1S/C9H11N3O4/c1-16-8-3-6(11-5-9(10)13)2-7(4-8)12(14)15/h2-4,11H,5H2,1H3,(H2,10,13). The van der Waals surface area contributed by atoms with E-state index in [2.05, 4.69) is 5.32 Å². The van der Waals surface area contributed by atoms with Crippen LogP contribution in [0.2, 0.25) is 0 Å². The van der Waals surface area contributed by atoms with Crippen LogP contribution in [-0.4, -0.2) is 24.5 Å². The maximum atomic E-state index is 10.6. The minimum Gasteiger partial charge on any atom is -0.496 e. The van der Waals surface area contributed by atoms with Gasteiger partial charge < -0.3 is 15.8 Å². The number of anilines is 1. The SMILES string of the molecule is COc1cc(NCC(N)=O)cc([N+](=O)[O-])c1. The number of non-ortho nitro benzene ring substituents is 1. The second kappa shape index (κ2) is 4.96. The van der Waals surface area contributed by atoms with Crippen LogP contribution in [0.5, 0.6) is 5.75 Å². The Hall–Kier alpha value is -2.31. The minimum absolute atomic E-state index is 0.0929. The number of rotatable bonds is 5. The van der Waals surface area contributed by atoms with Crippen LogP contribution in [0.15, 0.2) is 18.2 Å². The molecule has 0 aliphatic carbocycles. The summed E-state index contributed by atoms with van der Waals surface area (Å²) in [7, 11) is 1.40. The first-order valence-corrected chi connectivity index (χ1v) is 4.38. The highest BCUT2D eigenvalue weighted by atomic mass is 16.6. The van der Waals surface area contributed by atoms with Gasteiger partial charge in [0.15, 0.2) is 0 Å². The number of nitrogens with zero attached hydrogens (tertiary/aromatic N) is 1. The fraction of sp³-hybridized carbons (Fsp3) is 0.222. The fourth-order valence-electron chi connectivity index (χ4n) is 1.10. The van der Waals surface area contributed by atoms with Gasteiger partial charge in [-0.1, -0.05) is 0 Å². The van der Waals surface area contributed by atoms with Crippen molar-refractivity contribution < 1.29 is 14.5 Å². The summed E-state index contributed by atoms with van der Waals surface area (Å²) in [5.41, 5.74) is 5.23. The van der Waals surface area contributed by atoms with Gasteiger partial charge in [0.1, 0.15) is 5.75 Å². The highest BCUT2D eigenvalue weighted by Gasteiger charge is 2.10. The van der Waals surface area contributed by atoms with Crippen LogP contribution in [0.25, 0.3) is 0 Å². The maximum absolute atomic E-state index is 10.6. The number of amides is 1. The highest BCUT2D eigenvalue weighted by Crippen LogP contribution is 2.25. The highest BCUT2D eigenvalue weighted by molar-refractivity contribution is 5.79. The summed E-state index contributed by atoms with van der Waals surface area (Å²) in [4.78, 5) is 20.6. The predicted molar refractivity (Wildman–Crippen MR) is 57.3 cm³/mol. The summed E-state index contributed by atoms with van der Waals surface area (Å²) in [6.45, 7) is -0.0929. The van der Waals surface area contributed by atoms with Crippen LogP contribution in [0.4, 0.5) is 11.4 Å². The molecule has 0 spiro atoms. The van der Waals surface area contributed by atoms with E-state index in [1.165, 1.54) is 25.3 Å². The molecule has 0 saturated carbocycles. The molecule has 0 aromatic heterocycles. The van der Waals surface area contributed by atoms with Crippen LogP contribution in [0.1, 0.15) is 0 Å². The second-order valence-corrected chi connectivity index (χ2v) is 3.00. The van der Waals surface area contributed by atoms with Gasteiger partial charge in [0.25, 0.3) is 5.69 Å². The molecule has 0 heterocycles. The van der Waals surface area contributed by atoms with Crippen molar-refractivity contribution in [3.8, 4) is 5.75 Å². The number of carbonyl (C=O) groups is 1. The summed E-state index contributed by atoms with van der Waals surface area (Å²) in [5, 5.41) is 13.2. The van der Waals surface area contributed by atoms with E-state index < -0.39 is 10.8 Å². The Kier molecular flexibility index (Phi) is 3.65. The van der Waals surface area contributed by atoms with E-state index in [1.54, 1.807) is 0 Å². The van der Waals surface area contributed by atoms with Crippen molar-refractivity contribution in [1.29, 1.82) is 0 Å². The van der Waals surface area contributed by atoms with Gasteiger partial charge in [-0.25, -0.2) is 0 Å². The molecule has 0 bridgehead atoms. The topological polar surface area (TPSA) is 107 Å².